The highest BCUT2D eigenvalue weighted by atomic mass is 32.2. The average Bonchev–Trinajstić information content (AvgIpc) is 3.25. The second kappa shape index (κ2) is 7.73. The van der Waals surface area contributed by atoms with Gasteiger partial charge in [0, 0.05) is 12.6 Å². The molecule has 1 N–H and O–H groups in total. The third-order valence-corrected chi connectivity index (χ3v) is 6.80. The van der Waals surface area contributed by atoms with Gasteiger partial charge in [-0.2, -0.15) is 11.8 Å². The van der Waals surface area contributed by atoms with E-state index < -0.39 is 0 Å². The second-order valence-electron chi connectivity index (χ2n) is 8.60. The molecule has 2 fully saturated rings. The lowest BCUT2D eigenvalue weighted by atomic mass is 9.62. The highest BCUT2D eigenvalue weighted by molar-refractivity contribution is 7.99. The quantitative estimate of drug-likeness (QED) is 0.594. The molecule has 0 saturated heterocycles. The predicted octanol–water partition coefficient (Wildman–Crippen LogP) is 5.49. The molecule has 0 aromatic heterocycles. The topological polar surface area (TPSA) is 12.0 Å². The minimum atomic E-state index is 0.508. The Morgan fingerprint density at radius 2 is 1.76 bits per heavy atom. The lowest BCUT2D eigenvalue weighted by Gasteiger charge is -2.44. The molecular weight excluding hydrogens is 274 g/mol. The highest BCUT2D eigenvalue weighted by Gasteiger charge is 2.39. The van der Waals surface area contributed by atoms with Crippen molar-refractivity contribution in [2.45, 2.75) is 85.1 Å². The molecule has 0 heterocycles. The largest absolute Gasteiger partial charge is 0.313 e. The fourth-order valence-electron chi connectivity index (χ4n) is 3.95. The van der Waals surface area contributed by atoms with E-state index in [0.29, 0.717) is 10.8 Å². The van der Waals surface area contributed by atoms with Gasteiger partial charge in [0.15, 0.2) is 0 Å². The standard InChI is InChI=1S/C19H37NS/c1-5-21-14-6-11-19(15-20-17-7-8-17)12-9-16(10-13-19)18(2,3)4/h16-17,20H,5-15H2,1-4H3. The minimum absolute atomic E-state index is 0.508. The molecule has 21 heavy (non-hydrogen) atoms. The normalized spacial score (nSPS) is 30.6. The third kappa shape index (κ3) is 5.78. The van der Waals surface area contributed by atoms with E-state index in [2.05, 4.69) is 44.8 Å². The zero-order valence-electron chi connectivity index (χ0n) is 14.8. The van der Waals surface area contributed by atoms with Gasteiger partial charge < -0.3 is 5.32 Å². The summed E-state index contributed by atoms with van der Waals surface area (Å²) in [7, 11) is 0. The van der Waals surface area contributed by atoms with Gasteiger partial charge in [0.2, 0.25) is 0 Å². The monoisotopic (exact) mass is 311 g/mol. The van der Waals surface area contributed by atoms with Crippen molar-refractivity contribution < 1.29 is 0 Å². The molecule has 124 valence electrons. The first-order valence-corrected chi connectivity index (χ1v) is 10.4. The summed E-state index contributed by atoms with van der Waals surface area (Å²) in [4.78, 5) is 0. The van der Waals surface area contributed by atoms with E-state index in [0.717, 1.165) is 12.0 Å². The van der Waals surface area contributed by atoms with Gasteiger partial charge in [-0.05, 0) is 79.6 Å². The van der Waals surface area contributed by atoms with Crippen LogP contribution in [0.5, 0.6) is 0 Å². The zero-order valence-corrected chi connectivity index (χ0v) is 15.7. The molecule has 2 aliphatic carbocycles. The molecule has 0 aromatic rings. The van der Waals surface area contributed by atoms with E-state index in [-0.39, 0.29) is 0 Å². The Labute approximate surface area is 137 Å². The van der Waals surface area contributed by atoms with Crippen molar-refractivity contribution in [2.75, 3.05) is 18.1 Å². The van der Waals surface area contributed by atoms with E-state index in [1.54, 1.807) is 0 Å². The summed E-state index contributed by atoms with van der Waals surface area (Å²) in [5.41, 5.74) is 1.13. The van der Waals surface area contributed by atoms with Crippen LogP contribution >= 0.6 is 11.8 Å². The molecule has 0 unspecified atom stereocenters. The van der Waals surface area contributed by atoms with Crippen LogP contribution in [0, 0.1) is 16.7 Å². The summed E-state index contributed by atoms with van der Waals surface area (Å²) in [5.74, 6) is 3.58. The number of hydrogen-bond acceptors (Lipinski definition) is 2. The van der Waals surface area contributed by atoms with E-state index in [1.165, 1.54) is 69.4 Å². The van der Waals surface area contributed by atoms with Gasteiger partial charge in [-0.25, -0.2) is 0 Å². The number of nitrogens with one attached hydrogen (secondary N) is 1. The van der Waals surface area contributed by atoms with Gasteiger partial charge in [-0.1, -0.05) is 27.7 Å². The lowest BCUT2D eigenvalue weighted by Crippen LogP contribution is -2.40. The van der Waals surface area contributed by atoms with Crippen LogP contribution in [0.15, 0.2) is 0 Å². The van der Waals surface area contributed by atoms with Crippen molar-refractivity contribution >= 4 is 11.8 Å². The molecule has 2 saturated carbocycles. The smallest absolute Gasteiger partial charge is 0.00684 e. The molecule has 2 aliphatic rings. The number of thioether (sulfide) groups is 1. The van der Waals surface area contributed by atoms with Crippen LogP contribution in [-0.4, -0.2) is 24.1 Å². The van der Waals surface area contributed by atoms with Crippen molar-refractivity contribution in [3.05, 3.63) is 0 Å². The first-order chi connectivity index (χ1) is 9.95. The van der Waals surface area contributed by atoms with Crippen LogP contribution in [0.3, 0.4) is 0 Å². The first kappa shape index (κ1) is 17.7. The van der Waals surface area contributed by atoms with Gasteiger partial charge in [0.1, 0.15) is 0 Å². The fraction of sp³-hybridized carbons (Fsp3) is 1.00. The van der Waals surface area contributed by atoms with Crippen LogP contribution in [0.4, 0.5) is 0 Å². The van der Waals surface area contributed by atoms with Crippen molar-refractivity contribution in [2.24, 2.45) is 16.7 Å². The highest BCUT2D eigenvalue weighted by Crippen LogP contribution is 2.47. The predicted molar refractivity (Wildman–Crippen MR) is 97.1 cm³/mol. The van der Waals surface area contributed by atoms with Crippen LogP contribution in [-0.2, 0) is 0 Å². The molecule has 0 aliphatic heterocycles. The molecule has 1 nitrogen and oxygen atoms in total. The molecule has 0 spiro atoms. The second-order valence-corrected chi connectivity index (χ2v) is 9.99. The zero-order chi connectivity index (χ0) is 15.3. The first-order valence-electron chi connectivity index (χ1n) is 9.26. The van der Waals surface area contributed by atoms with Crippen molar-refractivity contribution in [3.63, 3.8) is 0 Å². The summed E-state index contributed by atoms with van der Waals surface area (Å²) < 4.78 is 0. The lowest BCUT2D eigenvalue weighted by molar-refractivity contribution is 0.0790. The van der Waals surface area contributed by atoms with Crippen LogP contribution in [0.25, 0.3) is 0 Å². The van der Waals surface area contributed by atoms with Gasteiger partial charge >= 0.3 is 0 Å². The Hall–Kier alpha value is 0.310. The molecule has 0 amide bonds. The SMILES string of the molecule is CCSCCCC1(CNC2CC2)CCC(C(C)(C)C)CC1. The number of hydrogen-bond donors (Lipinski definition) is 1. The average molecular weight is 312 g/mol. The van der Waals surface area contributed by atoms with Gasteiger partial charge in [-0.15, -0.1) is 0 Å². The maximum Gasteiger partial charge on any atom is 0.00684 e. The summed E-state index contributed by atoms with van der Waals surface area (Å²) >= 11 is 2.12. The molecule has 0 aromatic carbocycles. The molecule has 0 atom stereocenters. The molecular formula is C19H37NS. The van der Waals surface area contributed by atoms with Crippen molar-refractivity contribution in [1.82, 2.24) is 5.32 Å². The van der Waals surface area contributed by atoms with Gasteiger partial charge in [0.05, 0.1) is 0 Å². The Morgan fingerprint density at radius 1 is 1.10 bits per heavy atom. The van der Waals surface area contributed by atoms with Crippen molar-refractivity contribution in [1.29, 1.82) is 0 Å². The maximum atomic E-state index is 3.85. The Bertz CT molecular complexity index is 295. The summed E-state index contributed by atoms with van der Waals surface area (Å²) in [6.07, 6.45) is 11.6. The third-order valence-electron chi connectivity index (χ3n) is 5.81. The molecule has 0 bridgehead atoms. The van der Waals surface area contributed by atoms with E-state index in [9.17, 15) is 0 Å². The Balaban J connectivity index is 1.83. The van der Waals surface area contributed by atoms with E-state index >= 15 is 0 Å². The fourth-order valence-corrected chi connectivity index (χ4v) is 4.59. The summed E-state index contributed by atoms with van der Waals surface area (Å²) in [5, 5.41) is 3.85. The van der Waals surface area contributed by atoms with Crippen molar-refractivity contribution in [3.8, 4) is 0 Å². The summed E-state index contributed by atoms with van der Waals surface area (Å²) in [6, 6.07) is 0.868. The summed E-state index contributed by atoms with van der Waals surface area (Å²) in [6.45, 7) is 10.9. The Kier molecular flexibility index (Phi) is 6.50. The Morgan fingerprint density at radius 3 is 2.29 bits per heavy atom. The molecule has 2 rings (SSSR count). The van der Waals surface area contributed by atoms with Crippen LogP contribution in [0.1, 0.15) is 79.1 Å². The number of rotatable bonds is 8. The molecule has 0 radical (unpaired) electrons. The minimum Gasteiger partial charge on any atom is -0.313 e. The van der Waals surface area contributed by atoms with Gasteiger partial charge in [-0.3, -0.25) is 0 Å². The van der Waals surface area contributed by atoms with E-state index in [1.807, 2.05) is 0 Å². The van der Waals surface area contributed by atoms with Gasteiger partial charge in [0.25, 0.3) is 0 Å². The molecule has 2 heteroatoms. The van der Waals surface area contributed by atoms with Crippen LogP contribution in [0.2, 0.25) is 0 Å². The van der Waals surface area contributed by atoms with E-state index in [4.69, 9.17) is 0 Å². The van der Waals surface area contributed by atoms with Crippen LogP contribution < -0.4 is 5.32 Å². The maximum absolute atomic E-state index is 3.85.